The Kier molecular flexibility index (Phi) is 3.56. The molecule has 0 saturated heterocycles. The molecule has 20 heavy (non-hydrogen) atoms. The summed E-state index contributed by atoms with van der Waals surface area (Å²) >= 11 is 0. The third-order valence-electron chi connectivity index (χ3n) is 3.29. The second-order valence-corrected chi connectivity index (χ2v) is 4.36. The van der Waals surface area contributed by atoms with E-state index in [0.717, 1.165) is 0 Å². The van der Waals surface area contributed by atoms with Gasteiger partial charge < -0.3 is 9.67 Å². The molecule has 0 amide bonds. The summed E-state index contributed by atoms with van der Waals surface area (Å²) in [6.45, 7) is 3.98. The molecule has 1 aromatic heterocycles. The van der Waals surface area contributed by atoms with Crippen LogP contribution in [-0.2, 0) is 6.54 Å². The molecule has 1 heterocycles. The normalized spacial score (nSPS) is 10.5. The molecule has 1 aromatic carbocycles. The number of hydrogen-bond donors (Lipinski definition) is 1. The van der Waals surface area contributed by atoms with Crippen molar-refractivity contribution in [3.8, 4) is 11.3 Å². The summed E-state index contributed by atoms with van der Waals surface area (Å²) in [6.07, 6.45) is 0. The van der Waals surface area contributed by atoms with Crippen molar-refractivity contribution in [1.29, 1.82) is 0 Å². The van der Waals surface area contributed by atoms with Crippen LogP contribution in [0, 0.1) is 17.0 Å². The lowest BCUT2D eigenvalue weighted by atomic mass is 10.0. The second kappa shape index (κ2) is 5.16. The first-order valence-corrected chi connectivity index (χ1v) is 6.14. The smallest absolute Gasteiger partial charge is 0.352 e. The van der Waals surface area contributed by atoms with Crippen molar-refractivity contribution >= 4 is 11.7 Å². The number of nitrogens with zero attached hydrogens (tertiary/aromatic N) is 2. The SMILES string of the molecule is CCn1c(C(=O)O)ccc1-c1cccc([N+](=O)[O-])c1C. The highest BCUT2D eigenvalue weighted by molar-refractivity contribution is 5.88. The minimum Gasteiger partial charge on any atom is -0.477 e. The number of hydrogen-bond acceptors (Lipinski definition) is 3. The van der Waals surface area contributed by atoms with E-state index in [4.69, 9.17) is 5.11 Å². The molecular formula is C14H14N2O4. The van der Waals surface area contributed by atoms with E-state index in [1.807, 2.05) is 6.92 Å². The number of benzene rings is 1. The van der Waals surface area contributed by atoms with Crippen LogP contribution in [0.4, 0.5) is 5.69 Å². The van der Waals surface area contributed by atoms with Crippen LogP contribution in [0.25, 0.3) is 11.3 Å². The molecule has 2 rings (SSSR count). The number of nitro groups is 1. The zero-order valence-electron chi connectivity index (χ0n) is 11.2. The monoisotopic (exact) mass is 274 g/mol. The first-order valence-electron chi connectivity index (χ1n) is 6.14. The maximum Gasteiger partial charge on any atom is 0.352 e. The van der Waals surface area contributed by atoms with Gasteiger partial charge in [0.15, 0.2) is 0 Å². The van der Waals surface area contributed by atoms with Crippen LogP contribution in [-0.4, -0.2) is 20.6 Å². The lowest BCUT2D eigenvalue weighted by molar-refractivity contribution is -0.385. The molecule has 0 bridgehead atoms. The highest BCUT2D eigenvalue weighted by Gasteiger charge is 2.19. The van der Waals surface area contributed by atoms with E-state index in [0.29, 0.717) is 23.4 Å². The van der Waals surface area contributed by atoms with Crippen LogP contribution >= 0.6 is 0 Å². The number of carbonyl (C=O) groups is 1. The van der Waals surface area contributed by atoms with E-state index in [2.05, 4.69) is 0 Å². The fourth-order valence-electron chi connectivity index (χ4n) is 2.33. The van der Waals surface area contributed by atoms with Gasteiger partial charge in [0.1, 0.15) is 5.69 Å². The summed E-state index contributed by atoms with van der Waals surface area (Å²) in [5.41, 5.74) is 2.08. The Labute approximate surface area is 115 Å². The van der Waals surface area contributed by atoms with Gasteiger partial charge in [0.2, 0.25) is 0 Å². The van der Waals surface area contributed by atoms with Crippen LogP contribution in [0.5, 0.6) is 0 Å². The fourth-order valence-corrected chi connectivity index (χ4v) is 2.33. The average molecular weight is 274 g/mol. The quantitative estimate of drug-likeness (QED) is 0.685. The highest BCUT2D eigenvalue weighted by atomic mass is 16.6. The fraction of sp³-hybridized carbons (Fsp3) is 0.214. The zero-order valence-corrected chi connectivity index (χ0v) is 11.2. The van der Waals surface area contributed by atoms with Crippen LogP contribution < -0.4 is 0 Å². The van der Waals surface area contributed by atoms with Crippen molar-refractivity contribution in [3.05, 3.63) is 51.7 Å². The Hall–Kier alpha value is -2.63. The van der Waals surface area contributed by atoms with Gasteiger partial charge in [0.25, 0.3) is 5.69 Å². The number of carboxylic acid groups (broad SMARTS) is 1. The van der Waals surface area contributed by atoms with Crippen molar-refractivity contribution in [3.63, 3.8) is 0 Å². The third-order valence-corrected chi connectivity index (χ3v) is 3.29. The zero-order chi connectivity index (χ0) is 14.9. The predicted molar refractivity (Wildman–Crippen MR) is 73.9 cm³/mol. The van der Waals surface area contributed by atoms with E-state index in [9.17, 15) is 14.9 Å². The summed E-state index contributed by atoms with van der Waals surface area (Å²) in [6, 6.07) is 8.00. The van der Waals surface area contributed by atoms with Gasteiger partial charge >= 0.3 is 5.97 Å². The van der Waals surface area contributed by atoms with E-state index in [-0.39, 0.29) is 11.4 Å². The molecule has 0 aliphatic rings. The molecular weight excluding hydrogens is 260 g/mol. The van der Waals surface area contributed by atoms with Gasteiger partial charge in [-0.25, -0.2) is 4.79 Å². The molecule has 0 spiro atoms. The molecule has 1 N–H and O–H groups in total. The average Bonchev–Trinajstić information content (AvgIpc) is 2.82. The van der Waals surface area contributed by atoms with Crippen molar-refractivity contribution < 1.29 is 14.8 Å². The molecule has 0 fully saturated rings. The van der Waals surface area contributed by atoms with E-state index in [1.54, 1.807) is 29.7 Å². The Bertz CT molecular complexity index is 688. The van der Waals surface area contributed by atoms with Gasteiger partial charge in [0, 0.05) is 29.4 Å². The first kappa shape index (κ1) is 13.8. The maximum atomic E-state index is 11.2. The minimum atomic E-state index is -1.01. The summed E-state index contributed by atoms with van der Waals surface area (Å²) < 4.78 is 1.63. The Morgan fingerprint density at radius 2 is 2.05 bits per heavy atom. The van der Waals surface area contributed by atoms with Gasteiger partial charge in [-0.15, -0.1) is 0 Å². The molecule has 0 unspecified atom stereocenters. The van der Waals surface area contributed by atoms with Crippen molar-refractivity contribution in [2.24, 2.45) is 0 Å². The van der Waals surface area contributed by atoms with E-state index in [1.165, 1.54) is 12.1 Å². The molecule has 6 heteroatoms. The van der Waals surface area contributed by atoms with Crippen LogP contribution in [0.15, 0.2) is 30.3 Å². The summed E-state index contributed by atoms with van der Waals surface area (Å²) in [5, 5.41) is 20.1. The Morgan fingerprint density at radius 3 is 2.60 bits per heavy atom. The number of aromatic nitrogens is 1. The summed E-state index contributed by atoms with van der Waals surface area (Å²) in [5.74, 6) is -1.01. The van der Waals surface area contributed by atoms with E-state index < -0.39 is 10.9 Å². The molecule has 0 aliphatic carbocycles. The number of rotatable bonds is 4. The van der Waals surface area contributed by atoms with Gasteiger partial charge in [-0.2, -0.15) is 0 Å². The second-order valence-electron chi connectivity index (χ2n) is 4.36. The Balaban J connectivity index is 2.66. The predicted octanol–water partition coefficient (Wildman–Crippen LogP) is 3.09. The van der Waals surface area contributed by atoms with Crippen LogP contribution in [0.3, 0.4) is 0 Å². The topological polar surface area (TPSA) is 85.4 Å². The minimum absolute atomic E-state index is 0.0308. The number of carboxylic acids is 1. The molecule has 0 atom stereocenters. The van der Waals surface area contributed by atoms with Gasteiger partial charge in [-0.1, -0.05) is 12.1 Å². The molecule has 0 saturated carbocycles. The number of aromatic carboxylic acids is 1. The van der Waals surface area contributed by atoms with Crippen molar-refractivity contribution in [2.75, 3.05) is 0 Å². The standard InChI is InChI=1S/C14H14N2O4/c1-3-15-12(7-8-13(15)14(17)18)10-5-4-6-11(9(10)2)16(19)20/h4-8H,3H2,1-2H3,(H,17,18). The molecule has 6 nitrogen and oxygen atoms in total. The van der Waals surface area contributed by atoms with E-state index >= 15 is 0 Å². The van der Waals surface area contributed by atoms with Crippen molar-refractivity contribution in [1.82, 2.24) is 4.57 Å². The summed E-state index contributed by atoms with van der Waals surface area (Å²) in [7, 11) is 0. The number of nitro benzene ring substituents is 1. The van der Waals surface area contributed by atoms with Gasteiger partial charge in [-0.3, -0.25) is 10.1 Å². The van der Waals surface area contributed by atoms with Gasteiger partial charge in [-0.05, 0) is 26.0 Å². The van der Waals surface area contributed by atoms with Crippen molar-refractivity contribution in [2.45, 2.75) is 20.4 Å². The third kappa shape index (κ3) is 2.16. The highest BCUT2D eigenvalue weighted by Crippen LogP contribution is 2.31. The van der Waals surface area contributed by atoms with Crippen LogP contribution in [0.1, 0.15) is 23.0 Å². The Morgan fingerprint density at radius 1 is 1.35 bits per heavy atom. The molecule has 2 aromatic rings. The molecule has 104 valence electrons. The largest absolute Gasteiger partial charge is 0.477 e. The lowest BCUT2D eigenvalue weighted by Crippen LogP contribution is -2.08. The van der Waals surface area contributed by atoms with Crippen LogP contribution in [0.2, 0.25) is 0 Å². The van der Waals surface area contributed by atoms with Gasteiger partial charge in [0.05, 0.1) is 4.92 Å². The maximum absolute atomic E-state index is 11.2. The summed E-state index contributed by atoms with van der Waals surface area (Å²) in [4.78, 5) is 21.7. The molecule has 0 aliphatic heterocycles. The lowest BCUT2D eigenvalue weighted by Gasteiger charge is -2.11. The first-order chi connectivity index (χ1) is 9.47. The molecule has 0 radical (unpaired) electrons.